The van der Waals surface area contributed by atoms with Crippen molar-refractivity contribution in [2.45, 2.75) is 24.2 Å². The third kappa shape index (κ3) is 4.50. The first-order valence-electron chi connectivity index (χ1n) is 18.6. The van der Waals surface area contributed by atoms with Gasteiger partial charge in [0.1, 0.15) is 5.65 Å². The summed E-state index contributed by atoms with van der Waals surface area (Å²) >= 11 is 4.15. The third-order valence-corrected chi connectivity index (χ3v) is 16.5. The van der Waals surface area contributed by atoms with Gasteiger partial charge in [-0.15, -0.1) is 0 Å². The second-order valence-corrected chi connectivity index (χ2v) is 18.6. The number of imidazole rings is 1. The van der Waals surface area contributed by atoms with Gasteiger partial charge >= 0.3 is 21.2 Å². The van der Waals surface area contributed by atoms with E-state index in [9.17, 15) is 0 Å². The average Bonchev–Trinajstić information content (AvgIpc) is 3.73. The SMILES string of the molecule is CC1=C(/C=C(/C)CS)[I+]C2(c3cc(-c4ccc5c(c4)c4cc6ccccc6cc4c4nc6ccccc6n54)ccc31)c1ccccc1-c1ccc(C)cc12. The van der Waals surface area contributed by atoms with E-state index in [0.29, 0.717) is 0 Å². The molecule has 0 bridgehead atoms. The Labute approximate surface area is 330 Å². The topological polar surface area (TPSA) is 17.3 Å². The van der Waals surface area contributed by atoms with Crippen molar-refractivity contribution in [3.05, 3.63) is 183 Å². The molecule has 7 aromatic carbocycles. The van der Waals surface area contributed by atoms with E-state index in [4.69, 9.17) is 4.98 Å². The first-order chi connectivity index (χ1) is 26.4. The van der Waals surface area contributed by atoms with E-state index in [1.165, 1.54) is 97.2 Å². The zero-order valence-electron chi connectivity index (χ0n) is 30.3. The number of thiol groups is 1. The van der Waals surface area contributed by atoms with Gasteiger partial charge in [-0.3, -0.25) is 4.40 Å². The lowest BCUT2D eigenvalue weighted by Gasteiger charge is -2.29. The Balaban J connectivity index is 1.21. The molecule has 9 aromatic rings. The van der Waals surface area contributed by atoms with Gasteiger partial charge in [-0.2, -0.15) is 12.6 Å². The number of rotatable bonds is 3. The highest BCUT2D eigenvalue weighted by Gasteiger charge is 2.60. The molecule has 0 saturated heterocycles. The number of aromatic nitrogens is 2. The van der Waals surface area contributed by atoms with Gasteiger partial charge in [-0.1, -0.05) is 102 Å². The highest BCUT2D eigenvalue weighted by atomic mass is 127. The van der Waals surface area contributed by atoms with Gasteiger partial charge in [0, 0.05) is 38.8 Å². The van der Waals surface area contributed by atoms with Crippen LogP contribution in [0, 0.1) is 6.92 Å². The van der Waals surface area contributed by atoms with Crippen LogP contribution < -0.4 is 21.2 Å². The lowest BCUT2D eigenvalue weighted by Crippen LogP contribution is -3.66. The van der Waals surface area contributed by atoms with Crippen LogP contribution in [0.2, 0.25) is 0 Å². The molecule has 4 heteroatoms. The molecule has 0 amide bonds. The number of fused-ring (bicyclic) bond motifs is 16. The predicted molar refractivity (Wildman–Crippen MR) is 227 cm³/mol. The summed E-state index contributed by atoms with van der Waals surface area (Å²) in [4.78, 5) is 5.20. The van der Waals surface area contributed by atoms with E-state index < -0.39 is 21.2 Å². The summed E-state index contributed by atoms with van der Waals surface area (Å²) < 4.78 is 3.67. The smallest absolute Gasteiger partial charge is 0.292 e. The van der Waals surface area contributed by atoms with E-state index in [-0.39, 0.29) is 3.42 Å². The van der Waals surface area contributed by atoms with Gasteiger partial charge in [0.2, 0.25) is 3.42 Å². The molecule has 0 fully saturated rings. The molecule has 2 aromatic heterocycles. The minimum absolute atomic E-state index is 0.200. The number of nitrogens with zero attached hydrogens (tertiary/aromatic N) is 2. The van der Waals surface area contributed by atoms with Gasteiger partial charge in [0.25, 0.3) is 0 Å². The molecular formula is C50H36IN2S+. The van der Waals surface area contributed by atoms with Crippen LogP contribution in [0.5, 0.6) is 0 Å². The average molecular weight is 824 g/mol. The van der Waals surface area contributed by atoms with Gasteiger partial charge < -0.3 is 0 Å². The minimum atomic E-state index is -0.527. The van der Waals surface area contributed by atoms with Gasteiger partial charge in [-0.05, 0) is 119 Å². The molecule has 258 valence electrons. The zero-order valence-corrected chi connectivity index (χ0v) is 33.3. The molecule has 1 unspecified atom stereocenters. The van der Waals surface area contributed by atoms with Crippen molar-refractivity contribution in [2.24, 2.45) is 0 Å². The van der Waals surface area contributed by atoms with E-state index in [1.807, 2.05) is 0 Å². The van der Waals surface area contributed by atoms with Crippen molar-refractivity contribution in [1.29, 1.82) is 0 Å². The maximum Gasteiger partial charge on any atom is 0.336 e. The number of halogens is 1. The standard InChI is InChI=1S/C50H35IN2S/c1-29-16-19-38-37-12-6-7-13-42(37)50(43(38)22-29)44-27-35(17-20-36(44)31(3)45(51-50)23-30(2)28-54)34-18-21-47-40(25-34)39-24-32-10-4-5-11-33(32)26-41(39)49-52-46-14-8-9-15-48(46)53(47)49/h4-27H,28H2,1-3H3/p+1/b30-23-. The maximum atomic E-state index is 5.20. The first-order valence-corrected chi connectivity index (χ1v) is 21.4. The lowest BCUT2D eigenvalue weighted by atomic mass is 9.82. The van der Waals surface area contributed by atoms with Crippen LogP contribution in [-0.2, 0) is 3.42 Å². The monoisotopic (exact) mass is 823 g/mol. The number of alkyl halides is 1. The van der Waals surface area contributed by atoms with E-state index in [2.05, 4.69) is 183 Å². The van der Waals surface area contributed by atoms with Crippen LogP contribution in [0.15, 0.2) is 155 Å². The Morgan fingerprint density at radius 3 is 2.19 bits per heavy atom. The fourth-order valence-electron chi connectivity index (χ4n) is 9.09. The van der Waals surface area contributed by atoms with Crippen LogP contribution in [0.4, 0.5) is 0 Å². The summed E-state index contributed by atoms with van der Waals surface area (Å²) in [6.07, 6.45) is 2.45. The molecule has 3 heterocycles. The van der Waals surface area contributed by atoms with Gasteiger partial charge in [0.15, 0.2) is 3.58 Å². The van der Waals surface area contributed by atoms with E-state index in [1.54, 1.807) is 0 Å². The Morgan fingerprint density at radius 2 is 1.33 bits per heavy atom. The van der Waals surface area contributed by atoms with E-state index >= 15 is 0 Å². The molecular weight excluding hydrogens is 788 g/mol. The first kappa shape index (κ1) is 32.3. The van der Waals surface area contributed by atoms with Gasteiger partial charge in [-0.25, -0.2) is 4.98 Å². The maximum absolute atomic E-state index is 5.20. The van der Waals surface area contributed by atoms with Gasteiger partial charge in [0.05, 0.1) is 16.6 Å². The molecule has 2 nitrogen and oxygen atoms in total. The number of pyridine rings is 1. The van der Waals surface area contributed by atoms with Crippen LogP contribution >= 0.6 is 12.6 Å². The van der Waals surface area contributed by atoms with Crippen LogP contribution in [-0.4, -0.2) is 15.1 Å². The number of allylic oxidation sites excluding steroid dienone is 3. The second kappa shape index (κ2) is 11.9. The van der Waals surface area contributed by atoms with Crippen molar-refractivity contribution in [3.8, 4) is 22.3 Å². The summed E-state index contributed by atoms with van der Waals surface area (Å²) in [6.45, 7) is 6.80. The summed E-state index contributed by atoms with van der Waals surface area (Å²) in [5, 5.41) is 6.12. The molecule has 1 spiro atoms. The Kier molecular flexibility index (Phi) is 7.12. The molecule has 1 atom stereocenters. The number of benzene rings is 7. The molecule has 0 N–H and O–H groups in total. The molecule has 1 aliphatic heterocycles. The summed E-state index contributed by atoms with van der Waals surface area (Å²) in [7, 11) is 0. The van der Waals surface area contributed by atoms with Crippen molar-refractivity contribution >= 4 is 67.3 Å². The number of hydrogen-bond acceptors (Lipinski definition) is 2. The summed E-state index contributed by atoms with van der Waals surface area (Å²) in [6, 6.07) is 52.6. The quantitative estimate of drug-likeness (QED) is 0.0618. The molecule has 54 heavy (non-hydrogen) atoms. The molecule has 0 saturated carbocycles. The lowest BCUT2D eigenvalue weighted by molar-refractivity contribution is -0.668. The number of para-hydroxylation sites is 2. The number of aryl methyl sites for hydroxylation is 1. The second-order valence-electron chi connectivity index (χ2n) is 15.0. The third-order valence-electron chi connectivity index (χ3n) is 11.7. The summed E-state index contributed by atoms with van der Waals surface area (Å²) in [5.41, 5.74) is 19.3. The van der Waals surface area contributed by atoms with Crippen LogP contribution in [0.25, 0.3) is 77.0 Å². The van der Waals surface area contributed by atoms with Crippen molar-refractivity contribution < 1.29 is 21.2 Å². The molecule has 1 aliphatic carbocycles. The van der Waals surface area contributed by atoms with E-state index in [0.717, 1.165) is 22.4 Å². The fourth-order valence-corrected chi connectivity index (χ4v) is 13.7. The summed E-state index contributed by atoms with van der Waals surface area (Å²) in [5.74, 6) is 0.763. The Hall–Kier alpha value is -5.17. The highest BCUT2D eigenvalue weighted by molar-refractivity contribution is 7.80. The number of hydrogen-bond donors (Lipinski definition) is 1. The van der Waals surface area contributed by atoms with Crippen molar-refractivity contribution in [2.75, 3.05) is 5.75 Å². The predicted octanol–water partition coefficient (Wildman–Crippen LogP) is 9.90. The molecule has 2 aliphatic rings. The Bertz CT molecular complexity index is 3170. The van der Waals surface area contributed by atoms with Crippen LogP contribution in [0.3, 0.4) is 0 Å². The normalized spacial score (nSPS) is 16.6. The van der Waals surface area contributed by atoms with Crippen LogP contribution in [0.1, 0.15) is 41.7 Å². The Morgan fingerprint density at radius 1 is 0.648 bits per heavy atom. The molecule has 0 radical (unpaired) electrons. The fraction of sp³-hybridized carbons (Fsp3) is 0.100. The molecule has 11 rings (SSSR count). The highest BCUT2D eigenvalue weighted by Crippen LogP contribution is 2.51. The van der Waals surface area contributed by atoms with Crippen molar-refractivity contribution in [1.82, 2.24) is 9.38 Å². The van der Waals surface area contributed by atoms with Crippen molar-refractivity contribution in [3.63, 3.8) is 0 Å². The minimum Gasteiger partial charge on any atom is -0.292 e. The largest absolute Gasteiger partial charge is 0.336 e. The zero-order chi connectivity index (χ0) is 36.3.